The topological polar surface area (TPSA) is 26.3 Å². The quantitative estimate of drug-likeness (QED) is 0.614. The van der Waals surface area contributed by atoms with Crippen LogP contribution in [0.2, 0.25) is 0 Å². The van der Waals surface area contributed by atoms with Gasteiger partial charge in [-0.15, -0.1) is 0 Å². The SMILES string of the molecule is O=C(CC1CC1)C1CCOC1. The van der Waals surface area contributed by atoms with E-state index in [-0.39, 0.29) is 5.92 Å². The first-order chi connectivity index (χ1) is 5.36. The van der Waals surface area contributed by atoms with Gasteiger partial charge in [0.1, 0.15) is 5.78 Å². The minimum atomic E-state index is 0.246. The van der Waals surface area contributed by atoms with Crippen molar-refractivity contribution in [1.29, 1.82) is 0 Å². The van der Waals surface area contributed by atoms with Gasteiger partial charge >= 0.3 is 0 Å². The van der Waals surface area contributed by atoms with Crippen molar-refractivity contribution in [2.75, 3.05) is 13.2 Å². The summed E-state index contributed by atoms with van der Waals surface area (Å²) in [6, 6.07) is 0. The molecule has 2 rings (SSSR count). The molecule has 0 aromatic heterocycles. The molecule has 0 bridgehead atoms. The Hall–Kier alpha value is -0.370. The van der Waals surface area contributed by atoms with Gasteiger partial charge in [0.05, 0.1) is 6.61 Å². The third kappa shape index (κ3) is 1.80. The van der Waals surface area contributed by atoms with Crippen LogP contribution in [0, 0.1) is 11.8 Å². The summed E-state index contributed by atoms with van der Waals surface area (Å²) in [4.78, 5) is 11.4. The van der Waals surface area contributed by atoms with E-state index in [9.17, 15) is 4.79 Å². The number of ether oxygens (including phenoxy) is 1. The Morgan fingerprint density at radius 3 is 2.73 bits per heavy atom. The van der Waals surface area contributed by atoms with E-state index in [4.69, 9.17) is 4.74 Å². The summed E-state index contributed by atoms with van der Waals surface area (Å²) < 4.78 is 5.16. The van der Waals surface area contributed by atoms with Gasteiger partial charge in [-0.1, -0.05) is 0 Å². The molecule has 1 saturated carbocycles. The molecule has 2 heteroatoms. The number of rotatable bonds is 3. The highest BCUT2D eigenvalue weighted by molar-refractivity contribution is 5.81. The first-order valence-corrected chi connectivity index (χ1v) is 4.46. The third-order valence-corrected chi connectivity index (χ3v) is 2.57. The van der Waals surface area contributed by atoms with E-state index in [1.54, 1.807) is 0 Å². The highest BCUT2D eigenvalue weighted by Gasteiger charge is 2.30. The number of carbonyl (C=O) groups excluding carboxylic acids is 1. The summed E-state index contributed by atoms with van der Waals surface area (Å²) in [7, 11) is 0. The van der Waals surface area contributed by atoms with Gasteiger partial charge in [-0.3, -0.25) is 4.79 Å². The Labute approximate surface area is 66.9 Å². The molecule has 0 aromatic rings. The second-order valence-electron chi connectivity index (χ2n) is 3.67. The molecule has 0 N–H and O–H groups in total. The van der Waals surface area contributed by atoms with Gasteiger partial charge in [0.25, 0.3) is 0 Å². The van der Waals surface area contributed by atoms with Crippen molar-refractivity contribution in [1.82, 2.24) is 0 Å². The fourth-order valence-corrected chi connectivity index (χ4v) is 1.56. The van der Waals surface area contributed by atoms with Crippen molar-refractivity contribution in [3.05, 3.63) is 0 Å². The van der Waals surface area contributed by atoms with Crippen LogP contribution in [0.3, 0.4) is 0 Å². The van der Waals surface area contributed by atoms with Gasteiger partial charge in [-0.05, 0) is 25.2 Å². The summed E-state index contributed by atoms with van der Waals surface area (Å²) in [5.41, 5.74) is 0. The number of Topliss-reactive ketones (excluding diaryl/α,β-unsaturated/α-hetero) is 1. The Morgan fingerprint density at radius 1 is 1.36 bits per heavy atom. The van der Waals surface area contributed by atoms with Crippen LogP contribution in [-0.4, -0.2) is 19.0 Å². The van der Waals surface area contributed by atoms with E-state index in [1.165, 1.54) is 12.8 Å². The maximum absolute atomic E-state index is 11.4. The van der Waals surface area contributed by atoms with E-state index < -0.39 is 0 Å². The van der Waals surface area contributed by atoms with Crippen molar-refractivity contribution in [3.8, 4) is 0 Å². The molecular formula is C9H14O2. The fourth-order valence-electron chi connectivity index (χ4n) is 1.56. The van der Waals surface area contributed by atoms with Crippen LogP contribution >= 0.6 is 0 Å². The molecule has 2 aliphatic rings. The molecule has 1 saturated heterocycles. The molecular weight excluding hydrogens is 140 g/mol. The largest absolute Gasteiger partial charge is 0.381 e. The van der Waals surface area contributed by atoms with Crippen LogP contribution in [0.4, 0.5) is 0 Å². The minimum absolute atomic E-state index is 0.246. The molecule has 2 nitrogen and oxygen atoms in total. The minimum Gasteiger partial charge on any atom is -0.381 e. The predicted octanol–water partition coefficient (Wildman–Crippen LogP) is 1.39. The van der Waals surface area contributed by atoms with E-state index in [0.29, 0.717) is 12.4 Å². The van der Waals surface area contributed by atoms with Gasteiger partial charge in [0, 0.05) is 18.9 Å². The summed E-state index contributed by atoms with van der Waals surface area (Å²) >= 11 is 0. The molecule has 1 aliphatic carbocycles. The van der Waals surface area contributed by atoms with Gasteiger partial charge < -0.3 is 4.74 Å². The molecule has 0 amide bonds. The van der Waals surface area contributed by atoms with Gasteiger partial charge in [-0.25, -0.2) is 0 Å². The predicted molar refractivity (Wildman–Crippen MR) is 41.3 cm³/mol. The first kappa shape index (κ1) is 7.29. The maximum Gasteiger partial charge on any atom is 0.138 e. The highest BCUT2D eigenvalue weighted by atomic mass is 16.5. The molecule has 0 aromatic carbocycles. The summed E-state index contributed by atoms with van der Waals surface area (Å²) in [5, 5.41) is 0. The lowest BCUT2D eigenvalue weighted by Crippen LogP contribution is -2.14. The second kappa shape index (κ2) is 2.94. The summed E-state index contributed by atoms with van der Waals surface area (Å²) in [6.07, 6.45) is 4.35. The standard InChI is InChI=1S/C9H14O2/c10-9(5-7-1-2-7)8-3-4-11-6-8/h7-8H,1-6H2. The van der Waals surface area contributed by atoms with E-state index in [0.717, 1.165) is 25.4 Å². The monoisotopic (exact) mass is 154 g/mol. The van der Waals surface area contributed by atoms with Crippen molar-refractivity contribution in [2.45, 2.75) is 25.7 Å². The van der Waals surface area contributed by atoms with Crippen LogP contribution in [-0.2, 0) is 9.53 Å². The van der Waals surface area contributed by atoms with Crippen LogP contribution in [0.25, 0.3) is 0 Å². The number of hydrogen-bond donors (Lipinski definition) is 0. The fraction of sp³-hybridized carbons (Fsp3) is 0.889. The summed E-state index contributed by atoms with van der Waals surface area (Å²) in [5.74, 6) is 1.43. The molecule has 1 heterocycles. The number of carbonyl (C=O) groups is 1. The van der Waals surface area contributed by atoms with Crippen molar-refractivity contribution in [2.24, 2.45) is 11.8 Å². The summed E-state index contributed by atoms with van der Waals surface area (Å²) in [6.45, 7) is 1.48. The van der Waals surface area contributed by atoms with Crippen LogP contribution in [0.5, 0.6) is 0 Å². The third-order valence-electron chi connectivity index (χ3n) is 2.57. The molecule has 2 fully saturated rings. The normalized spacial score (nSPS) is 30.7. The molecule has 0 radical (unpaired) electrons. The smallest absolute Gasteiger partial charge is 0.138 e. The lowest BCUT2D eigenvalue weighted by molar-refractivity contribution is -0.123. The van der Waals surface area contributed by atoms with Crippen LogP contribution in [0.1, 0.15) is 25.7 Å². The second-order valence-corrected chi connectivity index (χ2v) is 3.67. The molecule has 62 valence electrons. The number of ketones is 1. The Bertz CT molecular complexity index is 155. The van der Waals surface area contributed by atoms with Crippen LogP contribution < -0.4 is 0 Å². The molecule has 1 aliphatic heterocycles. The molecule has 0 spiro atoms. The molecule has 11 heavy (non-hydrogen) atoms. The Kier molecular flexibility index (Phi) is 1.95. The van der Waals surface area contributed by atoms with Crippen molar-refractivity contribution < 1.29 is 9.53 Å². The van der Waals surface area contributed by atoms with Crippen molar-refractivity contribution >= 4 is 5.78 Å². The average molecular weight is 154 g/mol. The lowest BCUT2D eigenvalue weighted by atomic mass is 9.99. The van der Waals surface area contributed by atoms with E-state index in [2.05, 4.69) is 0 Å². The molecule has 1 unspecified atom stereocenters. The Balaban J connectivity index is 1.77. The zero-order chi connectivity index (χ0) is 7.68. The molecule has 1 atom stereocenters. The first-order valence-electron chi connectivity index (χ1n) is 4.46. The van der Waals surface area contributed by atoms with Gasteiger partial charge in [0.15, 0.2) is 0 Å². The van der Waals surface area contributed by atoms with E-state index >= 15 is 0 Å². The zero-order valence-corrected chi connectivity index (χ0v) is 6.71. The van der Waals surface area contributed by atoms with Crippen molar-refractivity contribution in [3.63, 3.8) is 0 Å². The van der Waals surface area contributed by atoms with Gasteiger partial charge in [-0.2, -0.15) is 0 Å². The average Bonchev–Trinajstić information content (AvgIpc) is 2.67. The maximum atomic E-state index is 11.4. The lowest BCUT2D eigenvalue weighted by Gasteiger charge is -2.03. The Morgan fingerprint density at radius 2 is 2.18 bits per heavy atom. The zero-order valence-electron chi connectivity index (χ0n) is 6.71. The van der Waals surface area contributed by atoms with Crippen LogP contribution in [0.15, 0.2) is 0 Å². The van der Waals surface area contributed by atoms with E-state index in [1.807, 2.05) is 0 Å². The number of hydrogen-bond acceptors (Lipinski definition) is 2. The van der Waals surface area contributed by atoms with Gasteiger partial charge in [0.2, 0.25) is 0 Å². The highest BCUT2D eigenvalue weighted by Crippen LogP contribution is 2.34.